The summed E-state index contributed by atoms with van der Waals surface area (Å²) in [6.07, 6.45) is 3.06. The maximum Gasteiger partial charge on any atom is 0.0947 e. The lowest BCUT2D eigenvalue weighted by Crippen LogP contribution is -2.54. The van der Waals surface area contributed by atoms with Gasteiger partial charge in [-0.3, -0.25) is 4.90 Å². The Morgan fingerprint density at radius 1 is 1.20 bits per heavy atom. The molecule has 1 aliphatic carbocycles. The quantitative estimate of drug-likeness (QED) is 0.794. The van der Waals surface area contributed by atoms with Gasteiger partial charge in [0.2, 0.25) is 0 Å². The summed E-state index contributed by atoms with van der Waals surface area (Å²) in [5, 5.41) is 10.9. The van der Waals surface area contributed by atoms with E-state index in [0.29, 0.717) is 6.04 Å². The fraction of sp³-hybridized carbons (Fsp3) is 0.647. The number of aryl methyl sites for hydroxylation is 1. The Bertz CT molecular complexity index is 462. The standard InChI is InChI=1S/C17H26N2O/c1-13-12-19(11-10-18(13)2)16-9-5-7-14-6-3-4-8-15(14)17(16)20/h3-4,6,8,13,16-17,20H,5,7,9-12H2,1-2H3. The van der Waals surface area contributed by atoms with Crippen LogP contribution < -0.4 is 0 Å². The van der Waals surface area contributed by atoms with Crippen LogP contribution >= 0.6 is 0 Å². The van der Waals surface area contributed by atoms with Crippen LogP contribution in [0.15, 0.2) is 24.3 Å². The van der Waals surface area contributed by atoms with E-state index >= 15 is 0 Å². The zero-order chi connectivity index (χ0) is 14.1. The molecule has 1 aliphatic heterocycles. The number of nitrogens with zero attached hydrogens (tertiary/aromatic N) is 2. The summed E-state index contributed by atoms with van der Waals surface area (Å²) in [5.41, 5.74) is 2.49. The van der Waals surface area contributed by atoms with Crippen molar-refractivity contribution in [2.24, 2.45) is 0 Å². The van der Waals surface area contributed by atoms with E-state index in [4.69, 9.17) is 0 Å². The van der Waals surface area contributed by atoms with Crippen LogP contribution in [0.1, 0.15) is 37.0 Å². The van der Waals surface area contributed by atoms with Gasteiger partial charge in [-0.1, -0.05) is 24.3 Å². The van der Waals surface area contributed by atoms with Gasteiger partial charge in [0.25, 0.3) is 0 Å². The minimum absolute atomic E-state index is 0.287. The van der Waals surface area contributed by atoms with E-state index in [-0.39, 0.29) is 12.1 Å². The average molecular weight is 274 g/mol. The van der Waals surface area contributed by atoms with Crippen LogP contribution in [0, 0.1) is 0 Å². The zero-order valence-electron chi connectivity index (χ0n) is 12.6. The predicted molar refractivity (Wildman–Crippen MR) is 81.8 cm³/mol. The monoisotopic (exact) mass is 274 g/mol. The number of benzene rings is 1. The lowest BCUT2D eigenvalue weighted by Gasteiger charge is -2.43. The maximum absolute atomic E-state index is 10.9. The summed E-state index contributed by atoms with van der Waals surface area (Å²) in [7, 11) is 2.20. The largest absolute Gasteiger partial charge is 0.387 e. The highest BCUT2D eigenvalue weighted by atomic mass is 16.3. The molecule has 3 rings (SSSR count). The van der Waals surface area contributed by atoms with Gasteiger partial charge in [-0.25, -0.2) is 0 Å². The van der Waals surface area contributed by atoms with E-state index in [2.05, 4.69) is 48.0 Å². The summed E-state index contributed by atoms with van der Waals surface area (Å²) in [6, 6.07) is 9.29. The molecule has 3 heteroatoms. The minimum atomic E-state index is -0.329. The number of hydrogen-bond donors (Lipinski definition) is 1. The van der Waals surface area contributed by atoms with Crippen LogP contribution in [0.4, 0.5) is 0 Å². The van der Waals surface area contributed by atoms with E-state index in [1.165, 1.54) is 12.0 Å². The summed E-state index contributed by atoms with van der Waals surface area (Å²) >= 11 is 0. The molecule has 1 fully saturated rings. The molecule has 0 bridgehead atoms. The molecule has 2 aliphatic rings. The van der Waals surface area contributed by atoms with Crippen molar-refractivity contribution in [3.63, 3.8) is 0 Å². The normalized spacial score (nSPS) is 32.6. The first-order valence-electron chi connectivity index (χ1n) is 7.87. The van der Waals surface area contributed by atoms with E-state index in [9.17, 15) is 5.11 Å². The van der Waals surface area contributed by atoms with E-state index in [0.717, 1.165) is 38.0 Å². The Hall–Kier alpha value is -0.900. The Labute approximate surface area is 122 Å². The molecular weight excluding hydrogens is 248 g/mol. The molecule has 0 radical (unpaired) electrons. The third kappa shape index (κ3) is 2.62. The van der Waals surface area contributed by atoms with E-state index in [1.54, 1.807) is 0 Å². The maximum atomic E-state index is 10.9. The van der Waals surface area contributed by atoms with Crippen LogP contribution in [0.2, 0.25) is 0 Å². The first kappa shape index (κ1) is 14.1. The molecule has 110 valence electrons. The van der Waals surface area contributed by atoms with Crippen molar-refractivity contribution >= 4 is 0 Å². The molecule has 3 unspecified atom stereocenters. The van der Waals surface area contributed by atoms with Gasteiger partial charge >= 0.3 is 0 Å². The molecule has 3 nitrogen and oxygen atoms in total. The second kappa shape index (κ2) is 5.84. The fourth-order valence-corrected chi connectivity index (χ4v) is 3.68. The average Bonchev–Trinajstić information content (AvgIpc) is 2.62. The van der Waals surface area contributed by atoms with Crippen LogP contribution in [0.25, 0.3) is 0 Å². The lowest BCUT2D eigenvalue weighted by atomic mass is 9.97. The minimum Gasteiger partial charge on any atom is -0.387 e. The van der Waals surface area contributed by atoms with Gasteiger partial charge in [-0.05, 0) is 44.4 Å². The molecular formula is C17H26N2O. The van der Waals surface area contributed by atoms with Gasteiger partial charge in [0.1, 0.15) is 0 Å². The van der Waals surface area contributed by atoms with Crippen LogP contribution in [-0.4, -0.2) is 53.7 Å². The predicted octanol–water partition coefficient (Wildman–Crippen LogP) is 2.06. The Balaban J connectivity index is 1.80. The highest BCUT2D eigenvalue weighted by Crippen LogP contribution is 2.32. The zero-order valence-corrected chi connectivity index (χ0v) is 12.6. The smallest absolute Gasteiger partial charge is 0.0947 e. The Morgan fingerprint density at radius 3 is 2.80 bits per heavy atom. The SMILES string of the molecule is CC1CN(C2CCCc3ccccc3C2O)CCN1C. The van der Waals surface area contributed by atoms with Gasteiger partial charge in [0.05, 0.1) is 6.10 Å². The Kier molecular flexibility index (Phi) is 4.11. The molecule has 1 aromatic rings. The molecule has 1 saturated heterocycles. The molecule has 3 atom stereocenters. The van der Waals surface area contributed by atoms with Crippen molar-refractivity contribution in [1.29, 1.82) is 0 Å². The molecule has 0 spiro atoms. The van der Waals surface area contributed by atoms with Crippen molar-refractivity contribution in [2.75, 3.05) is 26.7 Å². The van der Waals surface area contributed by atoms with E-state index in [1.807, 2.05) is 0 Å². The number of aliphatic hydroxyl groups excluding tert-OH is 1. The van der Waals surface area contributed by atoms with Crippen molar-refractivity contribution < 1.29 is 5.11 Å². The number of aliphatic hydroxyl groups is 1. The fourth-order valence-electron chi connectivity index (χ4n) is 3.68. The van der Waals surface area contributed by atoms with Crippen molar-refractivity contribution in [2.45, 2.75) is 44.4 Å². The molecule has 0 amide bonds. The van der Waals surface area contributed by atoms with Gasteiger partial charge in [-0.2, -0.15) is 0 Å². The summed E-state index contributed by atoms with van der Waals surface area (Å²) in [4.78, 5) is 4.92. The first-order valence-corrected chi connectivity index (χ1v) is 7.87. The van der Waals surface area contributed by atoms with Crippen LogP contribution in [0.3, 0.4) is 0 Å². The number of hydrogen-bond acceptors (Lipinski definition) is 3. The van der Waals surface area contributed by atoms with Gasteiger partial charge < -0.3 is 10.0 Å². The van der Waals surface area contributed by atoms with Crippen LogP contribution in [-0.2, 0) is 6.42 Å². The van der Waals surface area contributed by atoms with E-state index < -0.39 is 0 Å². The second-order valence-electron chi connectivity index (χ2n) is 6.43. The van der Waals surface area contributed by atoms with Gasteiger partial charge in [0, 0.05) is 31.7 Å². The van der Waals surface area contributed by atoms with Crippen molar-refractivity contribution in [1.82, 2.24) is 9.80 Å². The second-order valence-corrected chi connectivity index (χ2v) is 6.43. The molecule has 1 aromatic carbocycles. The summed E-state index contributed by atoms with van der Waals surface area (Å²) < 4.78 is 0. The van der Waals surface area contributed by atoms with Crippen molar-refractivity contribution in [3.05, 3.63) is 35.4 Å². The number of rotatable bonds is 1. The third-order valence-electron chi connectivity index (χ3n) is 5.14. The summed E-state index contributed by atoms with van der Waals surface area (Å²) in [5.74, 6) is 0. The number of fused-ring (bicyclic) bond motifs is 1. The van der Waals surface area contributed by atoms with Crippen molar-refractivity contribution in [3.8, 4) is 0 Å². The molecule has 0 aromatic heterocycles. The third-order valence-corrected chi connectivity index (χ3v) is 5.14. The molecule has 1 N–H and O–H groups in total. The topological polar surface area (TPSA) is 26.7 Å². The van der Waals surface area contributed by atoms with Gasteiger partial charge in [0.15, 0.2) is 0 Å². The lowest BCUT2D eigenvalue weighted by molar-refractivity contribution is 0.00320. The summed E-state index contributed by atoms with van der Waals surface area (Å²) in [6.45, 7) is 5.53. The molecule has 1 heterocycles. The van der Waals surface area contributed by atoms with Gasteiger partial charge in [-0.15, -0.1) is 0 Å². The number of piperazine rings is 1. The molecule has 0 saturated carbocycles. The highest BCUT2D eigenvalue weighted by Gasteiger charge is 2.33. The highest BCUT2D eigenvalue weighted by molar-refractivity contribution is 5.31. The number of likely N-dealkylation sites (N-methyl/N-ethyl adjacent to an activating group) is 1. The Morgan fingerprint density at radius 2 is 2.00 bits per heavy atom. The van der Waals surface area contributed by atoms with Crippen LogP contribution in [0.5, 0.6) is 0 Å². The first-order chi connectivity index (χ1) is 9.66. The molecule has 20 heavy (non-hydrogen) atoms.